The van der Waals surface area contributed by atoms with Crippen LogP contribution in [0.3, 0.4) is 0 Å². The molecule has 2 aliphatic rings. The predicted molar refractivity (Wildman–Crippen MR) is 338 cm³/mol. The number of anilines is 6. The third-order valence-electron chi connectivity index (χ3n) is 17.1. The number of hydrogen-bond acceptors (Lipinski definition) is 2. The molecule has 2 heteroatoms. The van der Waals surface area contributed by atoms with Crippen LogP contribution in [0.15, 0.2) is 291 Å². The van der Waals surface area contributed by atoms with Crippen LogP contribution in [0.25, 0.3) is 77.9 Å². The number of nitrogens with zero attached hydrogens (tertiary/aromatic N) is 2. The Morgan fingerprint density at radius 1 is 0.225 bits per heavy atom. The molecule has 12 aromatic rings. The Bertz CT molecular complexity index is 3950. The van der Waals surface area contributed by atoms with Gasteiger partial charge < -0.3 is 9.80 Å². The Hall–Kier alpha value is -9.76. The maximum Gasteiger partial charge on any atom is 0.0544 e. The fourth-order valence-corrected chi connectivity index (χ4v) is 12.6. The molecule has 0 amide bonds. The molecule has 0 radical (unpaired) electrons. The summed E-state index contributed by atoms with van der Waals surface area (Å²) in [6, 6.07) is 107. The topological polar surface area (TPSA) is 6.48 Å². The fraction of sp³-hybridized carbons (Fsp3) is 0.0769. The van der Waals surface area contributed by atoms with Gasteiger partial charge in [-0.15, -0.1) is 0 Å². The molecule has 0 fully saturated rings. The lowest BCUT2D eigenvalue weighted by Crippen LogP contribution is -2.38. The summed E-state index contributed by atoms with van der Waals surface area (Å²) in [6.45, 7) is 9.71. The van der Waals surface area contributed by atoms with Crippen molar-refractivity contribution in [3.05, 3.63) is 313 Å². The van der Waals surface area contributed by atoms with E-state index in [4.69, 9.17) is 0 Å². The van der Waals surface area contributed by atoms with Crippen molar-refractivity contribution in [2.45, 2.75) is 38.5 Å². The zero-order valence-corrected chi connectivity index (χ0v) is 45.6. The molecule has 0 aliphatic carbocycles. The van der Waals surface area contributed by atoms with E-state index in [1.807, 2.05) is 0 Å². The van der Waals surface area contributed by atoms with E-state index < -0.39 is 0 Å². The first-order valence-electron chi connectivity index (χ1n) is 28.0. The highest BCUT2D eigenvalue weighted by molar-refractivity contribution is 5.97. The van der Waals surface area contributed by atoms with Crippen molar-refractivity contribution >= 4 is 34.1 Å². The van der Waals surface area contributed by atoms with Crippen LogP contribution in [0, 0.1) is 0 Å². The minimum atomic E-state index is -0.325. The molecule has 12 aromatic carbocycles. The van der Waals surface area contributed by atoms with E-state index in [2.05, 4.69) is 329 Å². The molecule has 80 heavy (non-hydrogen) atoms. The van der Waals surface area contributed by atoms with Crippen LogP contribution in [0.5, 0.6) is 0 Å². The van der Waals surface area contributed by atoms with E-state index in [0.29, 0.717) is 0 Å². The summed E-state index contributed by atoms with van der Waals surface area (Å²) in [5.41, 5.74) is 28.6. The molecular formula is C78H60N2. The summed E-state index contributed by atoms with van der Waals surface area (Å²) in [4.78, 5) is 4.99. The Kier molecular flexibility index (Phi) is 11.9. The van der Waals surface area contributed by atoms with Crippen molar-refractivity contribution in [2.75, 3.05) is 9.80 Å². The zero-order valence-electron chi connectivity index (χ0n) is 45.6. The summed E-state index contributed by atoms with van der Waals surface area (Å²) in [7, 11) is 0. The standard InChI is InChI=1S/C78H60N2/c1-77(2)70-47-39-64(61-29-25-57(26-30-61)53-17-9-5-10-18-53)51-74(70)80-75-52-65(62-31-27-58(28-32-62)54-19-11-6-12-20-54)40-48-71(75)78(3,4)73-50-66(49-72(77)76(73)80)63-37-45-69(46-38-63)79(67-41-33-59(34-42-67)55-21-13-7-14-22-55)68-43-35-60(36-44-68)56-23-15-8-16-24-56/h5-52H,1-4H3. The van der Waals surface area contributed by atoms with Crippen molar-refractivity contribution in [2.24, 2.45) is 0 Å². The third-order valence-corrected chi connectivity index (χ3v) is 17.1. The second kappa shape index (κ2) is 19.6. The Balaban J connectivity index is 0.883. The number of rotatable bonds is 10. The minimum absolute atomic E-state index is 0.325. The number of fused-ring (bicyclic) bond motifs is 4. The van der Waals surface area contributed by atoms with Gasteiger partial charge in [-0.05, 0) is 161 Å². The maximum absolute atomic E-state index is 2.62. The summed E-state index contributed by atoms with van der Waals surface area (Å²) in [5.74, 6) is 0. The quantitative estimate of drug-likeness (QED) is 0.135. The van der Waals surface area contributed by atoms with E-state index in [9.17, 15) is 0 Å². The molecule has 2 aliphatic heterocycles. The normalized spacial score (nSPS) is 13.4. The Morgan fingerprint density at radius 2 is 0.463 bits per heavy atom. The van der Waals surface area contributed by atoms with Gasteiger partial charge in [-0.3, -0.25) is 0 Å². The van der Waals surface area contributed by atoms with Crippen molar-refractivity contribution < 1.29 is 0 Å². The van der Waals surface area contributed by atoms with Crippen LogP contribution in [0.1, 0.15) is 49.9 Å². The molecule has 0 saturated carbocycles. The Labute approximate surface area is 471 Å². The Morgan fingerprint density at radius 3 is 0.762 bits per heavy atom. The molecule has 0 atom stereocenters. The van der Waals surface area contributed by atoms with Gasteiger partial charge in [0.1, 0.15) is 0 Å². The van der Waals surface area contributed by atoms with Gasteiger partial charge in [-0.25, -0.2) is 0 Å². The van der Waals surface area contributed by atoms with Crippen molar-refractivity contribution in [1.82, 2.24) is 0 Å². The van der Waals surface area contributed by atoms with E-state index in [-0.39, 0.29) is 10.8 Å². The lowest BCUT2D eigenvalue weighted by molar-refractivity contribution is 0.598. The third kappa shape index (κ3) is 8.52. The molecule has 2 heterocycles. The van der Waals surface area contributed by atoms with E-state index in [0.717, 1.165) is 17.1 Å². The van der Waals surface area contributed by atoms with E-state index in [1.165, 1.54) is 117 Å². The van der Waals surface area contributed by atoms with Gasteiger partial charge in [0.05, 0.1) is 17.1 Å². The molecule has 2 nitrogen and oxygen atoms in total. The van der Waals surface area contributed by atoms with Gasteiger partial charge in [0, 0.05) is 27.9 Å². The van der Waals surface area contributed by atoms with Crippen molar-refractivity contribution in [3.8, 4) is 77.9 Å². The monoisotopic (exact) mass is 1020 g/mol. The molecule has 0 bridgehead atoms. The summed E-state index contributed by atoms with van der Waals surface area (Å²) < 4.78 is 0. The molecule has 0 spiro atoms. The molecule has 0 saturated heterocycles. The van der Waals surface area contributed by atoms with Gasteiger partial charge >= 0.3 is 0 Å². The smallest absolute Gasteiger partial charge is 0.0544 e. The second-order valence-corrected chi connectivity index (χ2v) is 22.6. The van der Waals surface area contributed by atoms with Gasteiger partial charge in [0.15, 0.2) is 0 Å². The molecule has 0 N–H and O–H groups in total. The fourth-order valence-electron chi connectivity index (χ4n) is 12.6. The maximum atomic E-state index is 2.62. The van der Waals surface area contributed by atoms with Crippen LogP contribution in [0.2, 0.25) is 0 Å². The largest absolute Gasteiger partial charge is 0.311 e. The van der Waals surface area contributed by atoms with Crippen molar-refractivity contribution in [3.63, 3.8) is 0 Å². The first-order chi connectivity index (χ1) is 39.2. The van der Waals surface area contributed by atoms with E-state index in [1.54, 1.807) is 0 Å². The highest BCUT2D eigenvalue weighted by Gasteiger charge is 2.46. The van der Waals surface area contributed by atoms with Crippen LogP contribution in [-0.2, 0) is 10.8 Å². The van der Waals surface area contributed by atoms with Gasteiger partial charge in [-0.1, -0.05) is 258 Å². The first-order valence-corrected chi connectivity index (χ1v) is 28.0. The lowest BCUT2D eigenvalue weighted by atomic mass is 9.65. The first kappa shape index (κ1) is 48.6. The van der Waals surface area contributed by atoms with Crippen LogP contribution in [0.4, 0.5) is 34.1 Å². The zero-order chi connectivity index (χ0) is 54.0. The average Bonchev–Trinajstić information content (AvgIpc) is 3.71. The summed E-state index contributed by atoms with van der Waals surface area (Å²) in [6.07, 6.45) is 0. The highest BCUT2D eigenvalue weighted by Crippen LogP contribution is 2.61. The number of benzene rings is 12. The predicted octanol–water partition coefficient (Wildman–Crippen LogP) is 21.6. The van der Waals surface area contributed by atoms with Crippen LogP contribution in [-0.4, -0.2) is 0 Å². The SMILES string of the molecule is CC1(C)c2ccc(-c3ccc(-c4ccccc4)cc3)cc2N2c3cc(-c4ccc(-c5ccccc5)cc4)ccc3C(C)(C)c3cc(-c4ccc(N(c5ccc(-c6ccccc6)cc5)c5ccc(-c6ccccc6)cc5)cc4)cc1c32. The number of hydrogen-bond donors (Lipinski definition) is 0. The highest BCUT2D eigenvalue weighted by atomic mass is 15.2. The van der Waals surface area contributed by atoms with Crippen LogP contribution >= 0.6 is 0 Å². The molecule has 0 aromatic heterocycles. The lowest BCUT2D eigenvalue weighted by Gasteiger charge is -2.50. The summed E-state index contributed by atoms with van der Waals surface area (Å²) in [5, 5.41) is 0. The van der Waals surface area contributed by atoms with Gasteiger partial charge in [0.2, 0.25) is 0 Å². The van der Waals surface area contributed by atoms with Gasteiger partial charge in [-0.2, -0.15) is 0 Å². The average molecular weight is 1030 g/mol. The second-order valence-electron chi connectivity index (χ2n) is 22.6. The molecule has 14 rings (SSSR count). The molecule has 382 valence electrons. The van der Waals surface area contributed by atoms with Crippen LogP contribution < -0.4 is 9.80 Å². The summed E-state index contributed by atoms with van der Waals surface area (Å²) >= 11 is 0. The molecule has 0 unspecified atom stereocenters. The van der Waals surface area contributed by atoms with Gasteiger partial charge in [0.25, 0.3) is 0 Å². The van der Waals surface area contributed by atoms with Crippen molar-refractivity contribution in [1.29, 1.82) is 0 Å². The van der Waals surface area contributed by atoms with E-state index >= 15 is 0 Å². The minimum Gasteiger partial charge on any atom is -0.311 e. The molecular weight excluding hydrogens is 965 g/mol.